The summed E-state index contributed by atoms with van der Waals surface area (Å²) in [4.78, 5) is 15.1. The predicted octanol–water partition coefficient (Wildman–Crippen LogP) is 5.85. The lowest BCUT2D eigenvalue weighted by atomic mass is 9.71. The molecule has 2 aromatic rings. The maximum atomic E-state index is 13.1. The number of carbonyl (C=O) groups is 1. The molecule has 2 heterocycles. The van der Waals surface area contributed by atoms with Gasteiger partial charge in [-0.15, -0.1) is 11.3 Å². The molecule has 1 atom stereocenters. The average molecular weight is 499 g/mol. The summed E-state index contributed by atoms with van der Waals surface area (Å²) in [6.45, 7) is 6.49. The molecule has 0 spiro atoms. The van der Waals surface area contributed by atoms with Crippen molar-refractivity contribution in [2.45, 2.75) is 46.1 Å². The van der Waals surface area contributed by atoms with E-state index in [4.69, 9.17) is 15.2 Å². The van der Waals surface area contributed by atoms with Gasteiger partial charge < -0.3 is 15.2 Å². The molecule has 1 aliphatic carbocycles. The number of nitrogens with zero attached hydrogens (tertiary/aromatic N) is 1. The molecule has 0 amide bonds. The molecule has 0 bridgehead atoms. The third-order valence-corrected chi connectivity index (χ3v) is 7.43. The number of benzene rings is 1. The zero-order valence-corrected chi connectivity index (χ0v) is 20.0. The quantitative estimate of drug-likeness (QED) is 0.571. The summed E-state index contributed by atoms with van der Waals surface area (Å²) in [6, 6.07) is 11.9. The number of aryl methyl sites for hydroxylation is 1. The van der Waals surface area contributed by atoms with Gasteiger partial charge in [0.05, 0.1) is 10.4 Å². The maximum absolute atomic E-state index is 13.1. The van der Waals surface area contributed by atoms with E-state index in [0.29, 0.717) is 36.4 Å². The second-order valence-corrected chi connectivity index (χ2v) is 10.8. The lowest BCUT2D eigenvalue weighted by Gasteiger charge is -2.36. The van der Waals surface area contributed by atoms with Crippen molar-refractivity contribution in [3.8, 4) is 11.8 Å². The SMILES string of the molecule is Cc1sc([C@H]2C(C#N)=C(N)OC3=C2C(=O)CC(C)(C)C3)cc1COc1ccccc1Br. The van der Waals surface area contributed by atoms with Crippen molar-refractivity contribution in [2.75, 3.05) is 0 Å². The number of ketones is 1. The third-order valence-electron chi connectivity index (χ3n) is 5.62. The van der Waals surface area contributed by atoms with Crippen molar-refractivity contribution in [3.05, 3.63) is 72.9 Å². The molecule has 1 aromatic carbocycles. The molecule has 2 N–H and O–H groups in total. The van der Waals surface area contributed by atoms with Gasteiger partial charge in [-0.3, -0.25) is 4.79 Å². The van der Waals surface area contributed by atoms with E-state index in [9.17, 15) is 10.1 Å². The molecule has 1 aromatic heterocycles. The van der Waals surface area contributed by atoms with Gasteiger partial charge >= 0.3 is 0 Å². The van der Waals surface area contributed by atoms with E-state index in [1.165, 1.54) is 0 Å². The summed E-state index contributed by atoms with van der Waals surface area (Å²) in [7, 11) is 0. The van der Waals surface area contributed by atoms with Gasteiger partial charge in [0, 0.05) is 33.7 Å². The van der Waals surface area contributed by atoms with Gasteiger partial charge in [-0.25, -0.2) is 0 Å². The smallest absolute Gasteiger partial charge is 0.205 e. The van der Waals surface area contributed by atoms with E-state index in [2.05, 4.69) is 22.0 Å². The Balaban J connectivity index is 1.70. The largest absolute Gasteiger partial charge is 0.488 e. The molecule has 31 heavy (non-hydrogen) atoms. The van der Waals surface area contributed by atoms with E-state index in [1.54, 1.807) is 11.3 Å². The Morgan fingerprint density at radius 1 is 1.35 bits per heavy atom. The van der Waals surface area contributed by atoms with E-state index < -0.39 is 5.92 Å². The fraction of sp³-hybridized carbons (Fsp3) is 0.333. The van der Waals surface area contributed by atoms with Crippen molar-refractivity contribution in [2.24, 2.45) is 11.1 Å². The highest BCUT2D eigenvalue weighted by molar-refractivity contribution is 9.10. The fourth-order valence-corrected chi connectivity index (χ4v) is 5.67. The number of hydrogen-bond donors (Lipinski definition) is 1. The first-order valence-corrected chi connectivity index (χ1v) is 11.6. The number of rotatable bonds is 4. The highest BCUT2D eigenvalue weighted by atomic mass is 79.9. The van der Waals surface area contributed by atoms with E-state index in [1.807, 2.05) is 51.1 Å². The number of Topliss-reactive ketones (excluding diaryl/α,β-unsaturated/α-hetero) is 1. The number of nitriles is 1. The summed E-state index contributed by atoms with van der Waals surface area (Å²) >= 11 is 5.06. The highest BCUT2D eigenvalue weighted by Gasteiger charge is 2.43. The molecule has 7 heteroatoms. The van der Waals surface area contributed by atoms with Gasteiger partial charge in [-0.05, 0) is 46.5 Å². The molecule has 4 rings (SSSR count). The number of carbonyl (C=O) groups excluding carboxylic acids is 1. The number of nitrogens with two attached hydrogens (primary N) is 1. The molecule has 5 nitrogen and oxygen atoms in total. The van der Waals surface area contributed by atoms with Crippen LogP contribution in [-0.4, -0.2) is 5.78 Å². The molecule has 0 fully saturated rings. The minimum absolute atomic E-state index is 0.0218. The minimum Gasteiger partial charge on any atom is -0.488 e. The van der Waals surface area contributed by atoms with Crippen LogP contribution in [0.2, 0.25) is 0 Å². The first-order chi connectivity index (χ1) is 14.7. The normalized spacial score (nSPS) is 20.2. The lowest BCUT2D eigenvalue weighted by Crippen LogP contribution is -2.33. The number of halogens is 1. The molecular formula is C24H23BrN2O3S. The van der Waals surface area contributed by atoms with Gasteiger partial charge in [0.1, 0.15) is 29.8 Å². The van der Waals surface area contributed by atoms with Crippen LogP contribution in [0.5, 0.6) is 5.75 Å². The van der Waals surface area contributed by atoms with Crippen molar-refractivity contribution in [1.82, 2.24) is 0 Å². The fourth-order valence-electron chi connectivity index (χ4n) is 4.12. The van der Waals surface area contributed by atoms with Gasteiger partial charge in [0.2, 0.25) is 5.88 Å². The number of hydrogen-bond acceptors (Lipinski definition) is 6. The van der Waals surface area contributed by atoms with Crippen molar-refractivity contribution in [1.29, 1.82) is 5.26 Å². The summed E-state index contributed by atoms with van der Waals surface area (Å²) in [5.41, 5.74) is 7.81. The Hall–Kier alpha value is -2.56. The number of allylic oxidation sites excluding steroid dienone is 3. The van der Waals surface area contributed by atoms with Crippen molar-refractivity contribution in [3.63, 3.8) is 0 Å². The van der Waals surface area contributed by atoms with Crippen molar-refractivity contribution >= 4 is 33.0 Å². The summed E-state index contributed by atoms with van der Waals surface area (Å²) in [5.74, 6) is 0.984. The average Bonchev–Trinajstić information content (AvgIpc) is 3.05. The summed E-state index contributed by atoms with van der Waals surface area (Å²) < 4.78 is 12.7. The van der Waals surface area contributed by atoms with Crippen LogP contribution in [0.1, 0.15) is 47.9 Å². The second kappa shape index (κ2) is 8.18. The number of ether oxygens (including phenoxy) is 2. The minimum atomic E-state index is -0.488. The standard InChI is InChI=1S/C24H23BrN2O3S/c1-13-14(12-29-18-7-5-4-6-16(18)25)8-20(31-13)21-15(11-26)23(27)30-19-10-24(2,3)9-17(28)22(19)21/h4-8,21H,9-10,12,27H2,1-3H3/t21-/m1/s1. The monoisotopic (exact) mass is 498 g/mol. The lowest BCUT2D eigenvalue weighted by molar-refractivity contribution is -0.119. The Morgan fingerprint density at radius 2 is 2.10 bits per heavy atom. The summed E-state index contributed by atoms with van der Waals surface area (Å²) in [5, 5.41) is 9.80. The second-order valence-electron chi connectivity index (χ2n) is 8.65. The highest BCUT2D eigenvalue weighted by Crippen LogP contribution is 2.49. The van der Waals surface area contributed by atoms with Gasteiger partial charge in [0.15, 0.2) is 5.78 Å². The molecule has 1 aliphatic heterocycles. The van der Waals surface area contributed by atoms with Crippen molar-refractivity contribution < 1.29 is 14.3 Å². The van der Waals surface area contributed by atoms with E-state index >= 15 is 0 Å². The van der Waals surface area contributed by atoms with E-state index in [0.717, 1.165) is 25.5 Å². The Bertz CT molecular complexity index is 1170. The maximum Gasteiger partial charge on any atom is 0.205 e. The van der Waals surface area contributed by atoms with Crippen LogP contribution in [0.15, 0.2) is 57.6 Å². The first-order valence-electron chi connectivity index (χ1n) is 10.0. The van der Waals surface area contributed by atoms with Gasteiger partial charge in [-0.1, -0.05) is 26.0 Å². The topological polar surface area (TPSA) is 85.3 Å². The number of thiophene rings is 1. The molecule has 160 valence electrons. The molecule has 0 unspecified atom stereocenters. The third kappa shape index (κ3) is 4.15. The Labute approximate surface area is 194 Å². The van der Waals surface area contributed by atoms with Gasteiger partial charge in [0.25, 0.3) is 0 Å². The van der Waals surface area contributed by atoms with Crippen LogP contribution in [0.4, 0.5) is 0 Å². The van der Waals surface area contributed by atoms with E-state index in [-0.39, 0.29) is 17.1 Å². The van der Waals surface area contributed by atoms with Crippen LogP contribution >= 0.6 is 27.3 Å². The first kappa shape index (κ1) is 21.7. The molecular weight excluding hydrogens is 476 g/mol. The van der Waals surface area contributed by atoms with Crippen LogP contribution in [-0.2, 0) is 16.1 Å². The molecule has 0 saturated carbocycles. The zero-order valence-electron chi connectivity index (χ0n) is 17.6. The van der Waals surface area contributed by atoms with Crippen LogP contribution in [0.25, 0.3) is 0 Å². The number of para-hydroxylation sites is 1. The molecule has 2 aliphatic rings. The van der Waals surface area contributed by atoms with Crippen LogP contribution in [0.3, 0.4) is 0 Å². The van der Waals surface area contributed by atoms with Crippen LogP contribution < -0.4 is 10.5 Å². The zero-order chi connectivity index (χ0) is 22.3. The van der Waals surface area contributed by atoms with Gasteiger partial charge in [-0.2, -0.15) is 5.26 Å². The van der Waals surface area contributed by atoms with Crippen LogP contribution in [0, 0.1) is 23.7 Å². The Kier molecular flexibility index (Phi) is 5.71. The molecule has 0 radical (unpaired) electrons. The summed E-state index contributed by atoms with van der Waals surface area (Å²) in [6.07, 6.45) is 1.04. The Morgan fingerprint density at radius 3 is 2.81 bits per heavy atom. The predicted molar refractivity (Wildman–Crippen MR) is 123 cm³/mol. The molecule has 0 saturated heterocycles.